The van der Waals surface area contributed by atoms with Crippen molar-refractivity contribution in [1.82, 2.24) is 14.5 Å². The maximum absolute atomic E-state index is 14.2. The summed E-state index contributed by atoms with van der Waals surface area (Å²) in [6, 6.07) is 8.58. The van der Waals surface area contributed by atoms with Crippen molar-refractivity contribution < 1.29 is 30.4 Å². The number of nitrogens with zero attached hydrogens (tertiary/aromatic N) is 2. The Balaban J connectivity index is 1.36. The summed E-state index contributed by atoms with van der Waals surface area (Å²) in [5.74, 6) is -3.58. The summed E-state index contributed by atoms with van der Waals surface area (Å²) >= 11 is 0. The predicted molar refractivity (Wildman–Crippen MR) is 139 cm³/mol. The van der Waals surface area contributed by atoms with E-state index >= 15 is 0 Å². The lowest BCUT2D eigenvalue weighted by atomic mass is 9.55. The van der Waals surface area contributed by atoms with Crippen molar-refractivity contribution in [3.8, 4) is 5.69 Å². The van der Waals surface area contributed by atoms with Gasteiger partial charge < -0.3 is 0 Å². The molecule has 0 bridgehead atoms. The third-order valence-electron chi connectivity index (χ3n) is 8.58. The highest BCUT2D eigenvalue weighted by atomic mass is 32.2. The number of benzene rings is 2. The maximum Gasteiger partial charge on any atom is 0.393 e. The van der Waals surface area contributed by atoms with Gasteiger partial charge in [-0.1, -0.05) is 24.1 Å². The second-order valence-electron chi connectivity index (χ2n) is 10.9. The van der Waals surface area contributed by atoms with Crippen LogP contribution in [0.2, 0.25) is 0 Å². The minimum absolute atomic E-state index is 0.288. The van der Waals surface area contributed by atoms with Gasteiger partial charge >= 0.3 is 6.18 Å². The lowest BCUT2D eigenvalue weighted by molar-refractivity contribution is -0.185. The average molecular weight is 576 g/mol. The number of nitrogens with one attached hydrogen (secondary N) is 1. The van der Waals surface area contributed by atoms with E-state index in [-0.39, 0.29) is 17.1 Å². The molecule has 3 aliphatic rings. The second-order valence-corrected chi connectivity index (χ2v) is 12.6. The van der Waals surface area contributed by atoms with Gasteiger partial charge in [0.1, 0.15) is 11.6 Å². The molecule has 5 nitrogen and oxygen atoms in total. The fourth-order valence-electron chi connectivity index (χ4n) is 6.59. The quantitative estimate of drug-likeness (QED) is 0.291. The first-order valence-corrected chi connectivity index (χ1v) is 14.4. The zero-order valence-corrected chi connectivity index (χ0v) is 22.2. The highest BCUT2D eigenvalue weighted by Gasteiger charge is 2.55. The molecule has 1 fully saturated rings. The van der Waals surface area contributed by atoms with Crippen LogP contribution in [-0.4, -0.2) is 30.4 Å². The lowest BCUT2D eigenvalue weighted by Gasteiger charge is -2.51. The van der Waals surface area contributed by atoms with E-state index in [1.165, 1.54) is 12.1 Å². The highest BCUT2D eigenvalue weighted by molar-refractivity contribution is 7.89. The number of allylic oxidation sites excluding steroid dienone is 2. The van der Waals surface area contributed by atoms with E-state index in [4.69, 9.17) is 0 Å². The van der Waals surface area contributed by atoms with Gasteiger partial charge in [0.25, 0.3) is 0 Å². The van der Waals surface area contributed by atoms with E-state index in [9.17, 15) is 30.4 Å². The van der Waals surface area contributed by atoms with Gasteiger partial charge in [-0.15, -0.1) is 0 Å². The molecule has 11 heteroatoms. The number of rotatable bonds is 4. The molecule has 6 rings (SSSR count). The molecule has 40 heavy (non-hydrogen) atoms. The van der Waals surface area contributed by atoms with Crippen LogP contribution in [0, 0.1) is 28.9 Å². The van der Waals surface area contributed by atoms with E-state index in [2.05, 4.69) is 9.82 Å². The topological polar surface area (TPSA) is 64.0 Å². The zero-order chi connectivity index (χ0) is 28.4. The third kappa shape index (κ3) is 4.49. The minimum atomic E-state index is -4.62. The summed E-state index contributed by atoms with van der Waals surface area (Å²) in [7, 11) is -4.35. The van der Waals surface area contributed by atoms with Gasteiger partial charge in [-0.05, 0) is 91.8 Å². The summed E-state index contributed by atoms with van der Waals surface area (Å²) < 4.78 is 100. The van der Waals surface area contributed by atoms with Crippen molar-refractivity contribution in [3.63, 3.8) is 0 Å². The van der Waals surface area contributed by atoms with E-state index in [1.807, 2.05) is 13.0 Å². The summed E-state index contributed by atoms with van der Waals surface area (Å²) in [5, 5.41) is 4.50. The van der Waals surface area contributed by atoms with Crippen molar-refractivity contribution in [2.45, 2.75) is 49.7 Å². The number of fused-ring (bicyclic) bond motifs is 4. The fourth-order valence-corrected chi connectivity index (χ4v) is 7.91. The number of alkyl halides is 3. The minimum Gasteiger partial charge on any atom is -0.233 e. The van der Waals surface area contributed by atoms with Gasteiger partial charge in [-0.25, -0.2) is 26.6 Å². The molecule has 1 aromatic heterocycles. The Labute approximate surface area is 228 Å². The molecule has 0 radical (unpaired) electrons. The largest absolute Gasteiger partial charge is 0.393 e. The SMILES string of the molecule is C[C@]12Cc3cnn(-c4ccc(F)cc4)c3C=C1CC[C@H]1C2=CCC(C(F)(F)F)C1NS(=O)(=O)c1ccc(F)cc1. The fraction of sp³-hybridized carbons (Fsp3) is 0.345. The van der Waals surface area contributed by atoms with E-state index in [0.717, 1.165) is 46.7 Å². The lowest BCUT2D eigenvalue weighted by Crippen LogP contribution is -2.55. The number of halogens is 5. The number of sulfonamides is 1. The average Bonchev–Trinajstić information content (AvgIpc) is 3.29. The maximum atomic E-state index is 14.2. The van der Waals surface area contributed by atoms with Gasteiger partial charge in [0.2, 0.25) is 10.0 Å². The second kappa shape index (κ2) is 9.37. The van der Waals surface area contributed by atoms with Crippen LogP contribution in [0.3, 0.4) is 0 Å². The van der Waals surface area contributed by atoms with E-state index in [1.54, 1.807) is 29.1 Å². The van der Waals surface area contributed by atoms with Crippen LogP contribution >= 0.6 is 0 Å². The van der Waals surface area contributed by atoms with Crippen LogP contribution in [0.15, 0.2) is 76.8 Å². The van der Waals surface area contributed by atoms with Crippen LogP contribution in [0.1, 0.15) is 37.4 Å². The Morgan fingerprint density at radius 2 is 1.68 bits per heavy atom. The Bertz CT molecular complexity index is 1630. The molecule has 0 amide bonds. The van der Waals surface area contributed by atoms with Crippen LogP contribution in [0.25, 0.3) is 11.8 Å². The van der Waals surface area contributed by atoms with E-state index < -0.39 is 45.3 Å². The Morgan fingerprint density at radius 1 is 1.02 bits per heavy atom. The number of aromatic nitrogens is 2. The zero-order valence-electron chi connectivity index (χ0n) is 21.4. The number of hydrogen-bond acceptors (Lipinski definition) is 3. The van der Waals surface area contributed by atoms with Crippen LogP contribution < -0.4 is 4.72 Å². The molecule has 2 unspecified atom stereocenters. The molecule has 3 aliphatic carbocycles. The molecule has 0 spiro atoms. The number of hydrogen-bond donors (Lipinski definition) is 1. The Kier molecular flexibility index (Phi) is 6.30. The molecule has 0 aliphatic heterocycles. The molecule has 1 saturated carbocycles. The Morgan fingerprint density at radius 3 is 2.33 bits per heavy atom. The highest BCUT2D eigenvalue weighted by Crippen LogP contribution is 2.57. The van der Waals surface area contributed by atoms with Crippen LogP contribution in [0.5, 0.6) is 0 Å². The first-order chi connectivity index (χ1) is 18.9. The smallest absolute Gasteiger partial charge is 0.233 e. The molecular weight excluding hydrogens is 549 g/mol. The van der Waals surface area contributed by atoms with Gasteiger partial charge in [0, 0.05) is 11.5 Å². The summed E-state index contributed by atoms with van der Waals surface area (Å²) in [6.45, 7) is 1.99. The molecule has 1 heterocycles. The standard InChI is InChI=1S/C29H26F5N3O2S/c1-28-15-17-16-35-37(21-7-3-19(30)4-8-21)26(17)14-18(28)2-11-23-24(28)12-13-25(29(32,33)34)27(23)36-40(38,39)22-9-5-20(31)6-10-22/h3-10,12,14,16,23,25,27,36H,2,11,13,15H2,1H3/t23-,25?,27?,28-/m0/s1. The van der Waals surface area contributed by atoms with Crippen LogP contribution in [0.4, 0.5) is 22.0 Å². The normalized spacial score (nSPS) is 26.3. The van der Waals surface area contributed by atoms with Crippen molar-refractivity contribution in [3.05, 3.63) is 94.8 Å². The summed E-state index contributed by atoms with van der Waals surface area (Å²) in [5.41, 5.74) is 3.66. The Hall–Kier alpha value is -3.31. The van der Waals surface area contributed by atoms with E-state index in [0.29, 0.717) is 24.9 Å². The van der Waals surface area contributed by atoms with Crippen molar-refractivity contribution >= 4 is 16.1 Å². The molecule has 0 saturated heterocycles. The molecule has 2 aromatic carbocycles. The molecule has 210 valence electrons. The molecular formula is C29H26F5N3O2S. The van der Waals surface area contributed by atoms with Gasteiger partial charge in [-0.2, -0.15) is 18.3 Å². The first kappa shape index (κ1) is 26.9. The van der Waals surface area contributed by atoms with Gasteiger partial charge in [0.05, 0.1) is 28.4 Å². The molecule has 3 aromatic rings. The van der Waals surface area contributed by atoms with Gasteiger partial charge in [0.15, 0.2) is 0 Å². The third-order valence-corrected chi connectivity index (χ3v) is 10.1. The summed E-state index contributed by atoms with van der Waals surface area (Å²) in [4.78, 5) is -0.288. The monoisotopic (exact) mass is 575 g/mol. The predicted octanol–water partition coefficient (Wildman–Crippen LogP) is 6.36. The first-order valence-electron chi connectivity index (χ1n) is 13.0. The van der Waals surface area contributed by atoms with Crippen molar-refractivity contribution in [1.29, 1.82) is 0 Å². The van der Waals surface area contributed by atoms with Crippen LogP contribution in [-0.2, 0) is 16.4 Å². The van der Waals surface area contributed by atoms with Crippen molar-refractivity contribution in [2.24, 2.45) is 17.3 Å². The molecule has 4 atom stereocenters. The molecule has 1 N–H and O–H groups in total. The summed E-state index contributed by atoms with van der Waals surface area (Å²) in [6.07, 6.45) is 1.71. The van der Waals surface area contributed by atoms with Gasteiger partial charge in [-0.3, -0.25) is 0 Å². The van der Waals surface area contributed by atoms with Crippen molar-refractivity contribution in [2.75, 3.05) is 0 Å².